The van der Waals surface area contributed by atoms with Crippen molar-refractivity contribution in [1.29, 1.82) is 0 Å². The molecule has 0 atom stereocenters. The number of anilines is 1. The molecule has 0 saturated carbocycles. The maximum Gasteiger partial charge on any atom is 0.275 e. The molecule has 6 heteroatoms. The summed E-state index contributed by atoms with van der Waals surface area (Å²) >= 11 is 5.69. The van der Waals surface area contributed by atoms with Crippen molar-refractivity contribution in [3.05, 3.63) is 82.6 Å². The van der Waals surface area contributed by atoms with E-state index < -0.39 is 11.7 Å². The standard InChI is InChI=1S/C17H13ClFN3O/c18-12-7-4-8-13(16(12)19)22-17(23)14-10-20-15(21-14)9-11-5-2-1-3-6-11/h1-8,10H,9H2,(H,20,21)(H,22,23). The molecule has 0 aliphatic heterocycles. The Bertz CT molecular complexity index is 833. The van der Waals surface area contributed by atoms with E-state index in [0.29, 0.717) is 12.2 Å². The van der Waals surface area contributed by atoms with Crippen LogP contribution in [0.5, 0.6) is 0 Å². The van der Waals surface area contributed by atoms with Gasteiger partial charge in [0.25, 0.3) is 5.91 Å². The van der Waals surface area contributed by atoms with Crippen molar-refractivity contribution in [2.45, 2.75) is 6.42 Å². The third kappa shape index (κ3) is 3.57. The van der Waals surface area contributed by atoms with E-state index in [4.69, 9.17) is 11.6 Å². The zero-order valence-electron chi connectivity index (χ0n) is 12.0. The van der Waals surface area contributed by atoms with Crippen LogP contribution < -0.4 is 5.32 Å². The zero-order valence-corrected chi connectivity index (χ0v) is 12.8. The Morgan fingerprint density at radius 1 is 1.17 bits per heavy atom. The van der Waals surface area contributed by atoms with E-state index in [1.54, 1.807) is 6.07 Å². The maximum absolute atomic E-state index is 13.8. The van der Waals surface area contributed by atoms with Crippen LogP contribution in [0.2, 0.25) is 5.02 Å². The topological polar surface area (TPSA) is 57.8 Å². The van der Waals surface area contributed by atoms with Crippen LogP contribution in [0, 0.1) is 5.82 Å². The van der Waals surface area contributed by atoms with Crippen LogP contribution in [0.4, 0.5) is 10.1 Å². The number of hydrogen-bond acceptors (Lipinski definition) is 2. The number of benzene rings is 2. The quantitative estimate of drug-likeness (QED) is 0.758. The average Bonchev–Trinajstić information content (AvgIpc) is 3.01. The highest BCUT2D eigenvalue weighted by molar-refractivity contribution is 6.31. The van der Waals surface area contributed by atoms with Crippen molar-refractivity contribution < 1.29 is 9.18 Å². The molecule has 2 aromatic carbocycles. The van der Waals surface area contributed by atoms with Gasteiger partial charge in [-0.05, 0) is 17.7 Å². The van der Waals surface area contributed by atoms with Gasteiger partial charge in [-0.2, -0.15) is 0 Å². The van der Waals surface area contributed by atoms with Gasteiger partial charge < -0.3 is 10.3 Å². The van der Waals surface area contributed by atoms with Gasteiger partial charge in [-0.25, -0.2) is 9.37 Å². The fourth-order valence-corrected chi connectivity index (χ4v) is 2.32. The first-order valence-electron chi connectivity index (χ1n) is 6.97. The molecule has 116 valence electrons. The summed E-state index contributed by atoms with van der Waals surface area (Å²) in [6.07, 6.45) is 2.08. The molecule has 0 fully saturated rings. The summed E-state index contributed by atoms with van der Waals surface area (Å²) in [4.78, 5) is 19.3. The van der Waals surface area contributed by atoms with Gasteiger partial charge in [-0.1, -0.05) is 48.0 Å². The van der Waals surface area contributed by atoms with E-state index in [1.165, 1.54) is 18.3 Å². The molecule has 4 nitrogen and oxygen atoms in total. The Morgan fingerprint density at radius 3 is 2.74 bits per heavy atom. The summed E-state index contributed by atoms with van der Waals surface area (Å²) < 4.78 is 13.8. The monoisotopic (exact) mass is 329 g/mol. The molecule has 0 radical (unpaired) electrons. The van der Waals surface area contributed by atoms with Crippen LogP contribution in [0.15, 0.2) is 54.7 Å². The Labute approximate surface area is 137 Å². The van der Waals surface area contributed by atoms with Gasteiger partial charge in [-0.15, -0.1) is 0 Å². The predicted molar refractivity (Wildman–Crippen MR) is 87.2 cm³/mol. The van der Waals surface area contributed by atoms with Gasteiger partial charge in [0.05, 0.1) is 10.7 Å². The Morgan fingerprint density at radius 2 is 1.96 bits per heavy atom. The Balaban J connectivity index is 1.72. The van der Waals surface area contributed by atoms with E-state index in [-0.39, 0.29) is 16.4 Å². The lowest BCUT2D eigenvalue weighted by molar-refractivity contribution is 0.102. The summed E-state index contributed by atoms with van der Waals surface area (Å²) in [5.41, 5.74) is 1.29. The number of aromatic amines is 1. The predicted octanol–water partition coefficient (Wildman–Crippen LogP) is 4.05. The van der Waals surface area contributed by atoms with Gasteiger partial charge in [-0.3, -0.25) is 4.79 Å². The number of rotatable bonds is 4. The first-order valence-corrected chi connectivity index (χ1v) is 7.35. The second kappa shape index (κ2) is 6.62. The summed E-state index contributed by atoms with van der Waals surface area (Å²) in [6.45, 7) is 0. The van der Waals surface area contributed by atoms with E-state index in [9.17, 15) is 9.18 Å². The third-order valence-corrected chi connectivity index (χ3v) is 3.57. The fourth-order valence-electron chi connectivity index (χ4n) is 2.14. The van der Waals surface area contributed by atoms with Crippen LogP contribution in [0.3, 0.4) is 0 Å². The summed E-state index contributed by atoms with van der Waals surface area (Å²) in [5, 5.41) is 2.42. The molecule has 0 bridgehead atoms. The lowest BCUT2D eigenvalue weighted by atomic mass is 10.1. The van der Waals surface area contributed by atoms with Crippen LogP contribution in [-0.4, -0.2) is 15.9 Å². The van der Waals surface area contributed by atoms with E-state index in [1.807, 2.05) is 30.3 Å². The number of nitrogens with zero attached hydrogens (tertiary/aromatic N) is 1. The SMILES string of the molecule is O=C(Nc1cccc(Cl)c1F)c1c[nH]c(Cc2ccccc2)n1. The maximum atomic E-state index is 13.8. The summed E-state index contributed by atoms with van der Waals surface area (Å²) in [7, 11) is 0. The lowest BCUT2D eigenvalue weighted by Crippen LogP contribution is -2.13. The Hall–Kier alpha value is -2.66. The first-order chi connectivity index (χ1) is 11.1. The van der Waals surface area contributed by atoms with Gasteiger partial charge in [0.1, 0.15) is 11.5 Å². The van der Waals surface area contributed by atoms with Crippen molar-refractivity contribution in [3.63, 3.8) is 0 Å². The van der Waals surface area contributed by atoms with Crippen LogP contribution in [-0.2, 0) is 6.42 Å². The number of aromatic nitrogens is 2. The second-order valence-corrected chi connectivity index (χ2v) is 5.36. The number of carbonyl (C=O) groups is 1. The zero-order chi connectivity index (χ0) is 16.2. The molecule has 3 aromatic rings. The number of amides is 1. The third-order valence-electron chi connectivity index (χ3n) is 3.28. The first kappa shape index (κ1) is 15.2. The van der Waals surface area contributed by atoms with Crippen LogP contribution >= 0.6 is 11.6 Å². The second-order valence-electron chi connectivity index (χ2n) is 4.95. The highest BCUT2D eigenvalue weighted by Gasteiger charge is 2.14. The number of imidazole rings is 1. The van der Waals surface area contributed by atoms with Crippen molar-refractivity contribution in [2.24, 2.45) is 0 Å². The molecule has 0 unspecified atom stereocenters. The van der Waals surface area contributed by atoms with Crippen molar-refractivity contribution >= 4 is 23.2 Å². The normalized spacial score (nSPS) is 10.5. The van der Waals surface area contributed by atoms with Crippen molar-refractivity contribution in [2.75, 3.05) is 5.32 Å². The van der Waals surface area contributed by atoms with E-state index >= 15 is 0 Å². The van der Waals surface area contributed by atoms with Crippen molar-refractivity contribution in [3.8, 4) is 0 Å². The molecule has 0 spiro atoms. The molecule has 0 aliphatic rings. The highest BCUT2D eigenvalue weighted by atomic mass is 35.5. The molecule has 3 rings (SSSR count). The van der Waals surface area contributed by atoms with Gasteiger partial charge in [0.15, 0.2) is 5.82 Å². The summed E-state index contributed by atoms with van der Waals surface area (Å²) in [5.74, 6) is -0.503. The molecule has 23 heavy (non-hydrogen) atoms. The number of H-pyrrole nitrogens is 1. The van der Waals surface area contributed by atoms with Crippen molar-refractivity contribution in [1.82, 2.24) is 9.97 Å². The molecule has 1 aromatic heterocycles. The summed E-state index contributed by atoms with van der Waals surface area (Å²) in [6, 6.07) is 14.2. The molecule has 1 heterocycles. The molecule has 2 N–H and O–H groups in total. The highest BCUT2D eigenvalue weighted by Crippen LogP contribution is 2.22. The van der Waals surface area contributed by atoms with Crippen LogP contribution in [0.25, 0.3) is 0 Å². The molecule has 0 aliphatic carbocycles. The minimum atomic E-state index is -0.664. The lowest BCUT2D eigenvalue weighted by Gasteiger charge is -2.05. The Kier molecular flexibility index (Phi) is 4.39. The number of halogens is 2. The minimum Gasteiger partial charge on any atom is -0.348 e. The molecule has 1 amide bonds. The molecular weight excluding hydrogens is 317 g/mol. The average molecular weight is 330 g/mol. The van der Waals surface area contributed by atoms with E-state index in [0.717, 1.165) is 5.56 Å². The fraction of sp³-hybridized carbons (Fsp3) is 0.0588. The van der Waals surface area contributed by atoms with E-state index in [2.05, 4.69) is 15.3 Å². The number of nitrogens with one attached hydrogen (secondary N) is 2. The van der Waals surface area contributed by atoms with Gasteiger partial charge in [0.2, 0.25) is 0 Å². The van der Waals surface area contributed by atoms with Gasteiger partial charge >= 0.3 is 0 Å². The largest absolute Gasteiger partial charge is 0.348 e. The molecule has 0 saturated heterocycles. The van der Waals surface area contributed by atoms with Gasteiger partial charge in [0, 0.05) is 12.6 Å². The number of carbonyl (C=O) groups excluding carboxylic acids is 1. The number of hydrogen-bond donors (Lipinski definition) is 2. The smallest absolute Gasteiger partial charge is 0.275 e. The minimum absolute atomic E-state index is 0.0232. The molecular formula is C17H13ClFN3O. The van der Waals surface area contributed by atoms with Crippen LogP contribution in [0.1, 0.15) is 21.9 Å².